The van der Waals surface area contributed by atoms with Crippen LogP contribution in [0.2, 0.25) is 5.02 Å². The zero-order valence-corrected chi connectivity index (χ0v) is 12.9. The molecule has 1 aromatic heterocycles. The fourth-order valence-corrected chi connectivity index (χ4v) is 3.28. The van der Waals surface area contributed by atoms with Crippen molar-refractivity contribution in [3.05, 3.63) is 64.9 Å². The molecule has 4 rings (SSSR count). The van der Waals surface area contributed by atoms with Gasteiger partial charge in [-0.1, -0.05) is 29.8 Å². The van der Waals surface area contributed by atoms with Gasteiger partial charge in [0.2, 0.25) is 5.91 Å². The van der Waals surface area contributed by atoms with Crippen molar-refractivity contribution in [1.82, 2.24) is 10.3 Å². The normalized spacial score (nSPS) is 24.6. The Labute approximate surface area is 134 Å². The quantitative estimate of drug-likeness (QED) is 0.936. The van der Waals surface area contributed by atoms with Crippen LogP contribution in [0.3, 0.4) is 0 Å². The summed E-state index contributed by atoms with van der Waals surface area (Å²) in [6.45, 7) is 0. The molecule has 2 saturated carbocycles. The van der Waals surface area contributed by atoms with Gasteiger partial charge in [-0.05, 0) is 54.5 Å². The Kier molecular flexibility index (Phi) is 3.19. The highest BCUT2D eigenvalue weighted by molar-refractivity contribution is 6.30. The maximum Gasteiger partial charge on any atom is 0.224 e. The maximum absolute atomic E-state index is 12.5. The Hall–Kier alpha value is -1.87. The third kappa shape index (κ3) is 2.50. The highest BCUT2D eigenvalue weighted by Crippen LogP contribution is 2.50. The lowest BCUT2D eigenvalue weighted by molar-refractivity contribution is -0.123. The van der Waals surface area contributed by atoms with Crippen LogP contribution in [0.4, 0.5) is 0 Å². The lowest BCUT2D eigenvalue weighted by atomic mass is 10.0. The highest BCUT2D eigenvalue weighted by atomic mass is 35.5. The van der Waals surface area contributed by atoms with Crippen LogP contribution in [-0.2, 0) is 10.3 Å². The second kappa shape index (κ2) is 5.10. The Morgan fingerprint density at radius 1 is 1.23 bits per heavy atom. The van der Waals surface area contributed by atoms with E-state index in [9.17, 15) is 4.79 Å². The van der Waals surface area contributed by atoms with Crippen LogP contribution in [0, 0.1) is 5.92 Å². The summed E-state index contributed by atoms with van der Waals surface area (Å²) in [4.78, 5) is 16.7. The fourth-order valence-electron chi connectivity index (χ4n) is 3.16. The van der Waals surface area contributed by atoms with Gasteiger partial charge in [0.1, 0.15) is 0 Å². The standard InChI is InChI=1S/C18H17ClN2O/c19-14-5-3-13(4-6-14)18(7-8-18)21-17(22)16-10-15(16)12-2-1-9-20-11-12/h1-6,9,11,15-16H,7-8,10H2,(H,21,22)/t15-,16-/m1/s1. The minimum Gasteiger partial charge on any atom is -0.346 e. The van der Waals surface area contributed by atoms with E-state index < -0.39 is 0 Å². The van der Waals surface area contributed by atoms with Gasteiger partial charge >= 0.3 is 0 Å². The summed E-state index contributed by atoms with van der Waals surface area (Å²) in [6, 6.07) is 11.8. The molecule has 2 aliphatic carbocycles. The number of amides is 1. The van der Waals surface area contributed by atoms with Crippen LogP contribution in [-0.4, -0.2) is 10.9 Å². The molecule has 2 aromatic rings. The first-order valence-corrected chi connectivity index (χ1v) is 8.04. The average molecular weight is 313 g/mol. The number of hydrogen-bond donors (Lipinski definition) is 1. The molecular weight excluding hydrogens is 296 g/mol. The van der Waals surface area contributed by atoms with Crippen molar-refractivity contribution in [1.29, 1.82) is 0 Å². The lowest BCUT2D eigenvalue weighted by Gasteiger charge is -2.18. The number of aromatic nitrogens is 1. The summed E-state index contributed by atoms with van der Waals surface area (Å²) in [5.74, 6) is 0.588. The molecule has 1 heterocycles. The Bertz CT molecular complexity index is 695. The number of carbonyl (C=O) groups is 1. The molecule has 0 radical (unpaired) electrons. The number of nitrogens with one attached hydrogen (secondary N) is 1. The number of pyridine rings is 1. The number of benzene rings is 1. The Morgan fingerprint density at radius 2 is 2.00 bits per heavy atom. The van der Waals surface area contributed by atoms with Crippen LogP contribution in [0.15, 0.2) is 48.8 Å². The van der Waals surface area contributed by atoms with Crippen molar-refractivity contribution >= 4 is 17.5 Å². The van der Waals surface area contributed by atoms with Crippen LogP contribution < -0.4 is 5.32 Å². The van der Waals surface area contributed by atoms with Gasteiger partial charge < -0.3 is 5.32 Å². The van der Waals surface area contributed by atoms with Crippen LogP contribution in [0.5, 0.6) is 0 Å². The van der Waals surface area contributed by atoms with Crippen LogP contribution in [0.1, 0.15) is 36.3 Å². The Balaban J connectivity index is 1.44. The molecule has 2 fully saturated rings. The second-order valence-electron chi connectivity index (χ2n) is 6.31. The molecular formula is C18H17ClN2O. The van der Waals surface area contributed by atoms with Gasteiger partial charge in [0.05, 0.1) is 5.54 Å². The van der Waals surface area contributed by atoms with E-state index in [0.29, 0.717) is 5.92 Å². The van der Waals surface area contributed by atoms with Gasteiger partial charge in [-0.2, -0.15) is 0 Å². The molecule has 0 spiro atoms. The van der Waals surface area contributed by atoms with Crippen LogP contribution in [0.25, 0.3) is 0 Å². The summed E-state index contributed by atoms with van der Waals surface area (Å²) in [6.07, 6.45) is 6.56. The van der Waals surface area contributed by atoms with E-state index in [1.807, 2.05) is 36.5 Å². The van der Waals surface area contributed by atoms with Crippen molar-refractivity contribution in [3.8, 4) is 0 Å². The van der Waals surface area contributed by atoms with E-state index in [1.165, 1.54) is 5.56 Å². The van der Waals surface area contributed by atoms with Gasteiger partial charge in [-0.15, -0.1) is 0 Å². The highest BCUT2D eigenvalue weighted by Gasteiger charge is 2.50. The van der Waals surface area contributed by atoms with Crippen molar-refractivity contribution in [2.75, 3.05) is 0 Å². The van der Waals surface area contributed by atoms with Gasteiger partial charge in [0.25, 0.3) is 0 Å². The minimum atomic E-state index is -0.163. The predicted molar refractivity (Wildman–Crippen MR) is 85.6 cm³/mol. The van der Waals surface area contributed by atoms with E-state index in [4.69, 9.17) is 11.6 Å². The van der Waals surface area contributed by atoms with Crippen molar-refractivity contribution in [3.63, 3.8) is 0 Å². The van der Waals surface area contributed by atoms with E-state index in [-0.39, 0.29) is 17.4 Å². The zero-order valence-electron chi connectivity index (χ0n) is 12.1. The largest absolute Gasteiger partial charge is 0.346 e. The average Bonchev–Trinajstić information content (AvgIpc) is 3.43. The molecule has 0 saturated heterocycles. The van der Waals surface area contributed by atoms with Crippen molar-refractivity contribution < 1.29 is 4.79 Å². The van der Waals surface area contributed by atoms with Gasteiger partial charge in [-0.25, -0.2) is 0 Å². The maximum atomic E-state index is 12.5. The Morgan fingerprint density at radius 3 is 2.64 bits per heavy atom. The number of hydrogen-bond acceptors (Lipinski definition) is 2. The lowest BCUT2D eigenvalue weighted by Crippen LogP contribution is -2.36. The summed E-state index contributed by atoms with van der Waals surface area (Å²) in [5, 5.41) is 3.99. The molecule has 2 atom stereocenters. The third-order valence-electron chi connectivity index (χ3n) is 4.75. The topological polar surface area (TPSA) is 42.0 Å². The number of carbonyl (C=O) groups excluding carboxylic acids is 1. The van der Waals surface area contributed by atoms with E-state index in [2.05, 4.69) is 16.4 Å². The van der Waals surface area contributed by atoms with Gasteiger partial charge in [-0.3, -0.25) is 9.78 Å². The van der Waals surface area contributed by atoms with E-state index in [0.717, 1.165) is 29.8 Å². The molecule has 4 heteroatoms. The van der Waals surface area contributed by atoms with Gasteiger partial charge in [0.15, 0.2) is 0 Å². The predicted octanol–water partition coefficient (Wildman–Crippen LogP) is 3.64. The number of nitrogens with zero attached hydrogens (tertiary/aromatic N) is 1. The second-order valence-corrected chi connectivity index (χ2v) is 6.75. The molecule has 1 aromatic carbocycles. The van der Waals surface area contributed by atoms with Gasteiger partial charge in [0, 0.05) is 23.3 Å². The summed E-state index contributed by atoms with van der Waals surface area (Å²) < 4.78 is 0. The molecule has 112 valence electrons. The summed E-state index contributed by atoms with van der Waals surface area (Å²) in [5.41, 5.74) is 2.16. The molecule has 3 nitrogen and oxygen atoms in total. The third-order valence-corrected chi connectivity index (χ3v) is 5.00. The molecule has 2 aliphatic rings. The van der Waals surface area contributed by atoms with E-state index in [1.54, 1.807) is 6.20 Å². The molecule has 1 N–H and O–H groups in total. The first-order valence-electron chi connectivity index (χ1n) is 7.66. The summed E-state index contributed by atoms with van der Waals surface area (Å²) >= 11 is 5.94. The molecule has 0 unspecified atom stereocenters. The number of halogens is 1. The van der Waals surface area contributed by atoms with Crippen molar-refractivity contribution in [2.24, 2.45) is 5.92 Å². The number of rotatable bonds is 4. The first kappa shape index (κ1) is 13.8. The molecule has 22 heavy (non-hydrogen) atoms. The zero-order chi connectivity index (χ0) is 15.2. The molecule has 0 bridgehead atoms. The first-order chi connectivity index (χ1) is 10.7. The molecule has 0 aliphatic heterocycles. The SMILES string of the molecule is O=C(NC1(c2ccc(Cl)cc2)CC1)[C@@H]1C[C@@H]1c1cccnc1. The smallest absolute Gasteiger partial charge is 0.224 e. The van der Waals surface area contributed by atoms with Crippen molar-refractivity contribution in [2.45, 2.75) is 30.7 Å². The monoisotopic (exact) mass is 312 g/mol. The summed E-state index contributed by atoms with van der Waals surface area (Å²) in [7, 11) is 0. The minimum absolute atomic E-state index is 0.0916. The van der Waals surface area contributed by atoms with Crippen LogP contribution >= 0.6 is 11.6 Å². The fraction of sp³-hybridized carbons (Fsp3) is 0.333. The molecule has 1 amide bonds. The van der Waals surface area contributed by atoms with E-state index >= 15 is 0 Å².